The highest BCUT2D eigenvalue weighted by Gasteiger charge is 2.31. The third kappa shape index (κ3) is 6.11. The van der Waals surface area contributed by atoms with Gasteiger partial charge in [-0.3, -0.25) is 9.89 Å². The number of guanidine groups is 1. The predicted molar refractivity (Wildman–Crippen MR) is 118 cm³/mol. The van der Waals surface area contributed by atoms with Gasteiger partial charge in [0.1, 0.15) is 0 Å². The summed E-state index contributed by atoms with van der Waals surface area (Å²) < 4.78 is 5.48. The van der Waals surface area contributed by atoms with Crippen LogP contribution >= 0.6 is 24.0 Å². The van der Waals surface area contributed by atoms with Gasteiger partial charge >= 0.3 is 0 Å². The lowest BCUT2D eigenvalue weighted by atomic mass is 9.99. The fourth-order valence-electron chi connectivity index (χ4n) is 3.47. The first-order chi connectivity index (χ1) is 12.0. The Bertz CT molecular complexity index is 556. The molecule has 7 heteroatoms. The van der Waals surface area contributed by atoms with Crippen molar-refractivity contribution in [3.8, 4) is 0 Å². The van der Waals surface area contributed by atoms with Crippen molar-refractivity contribution in [2.24, 2.45) is 10.9 Å². The third-order valence-electron chi connectivity index (χ3n) is 5.33. The second-order valence-electron chi connectivity index (χ2n) is 7.43. The number of nitrogens with one attached hydrogen (secondary N) is 2. The predicted octanol–water partition coefficient (Wildman–Crippen LogP) is 3.59. The van der Waals surface area contributed by atoms with Crippen LogP contribution in [-0.2, 0) is 6.54 Å². The van der Waals surface area contributed by atoms with Crippen LogP contribution in [0.3, 0.4) is 0 Å². The third-order valence-corrected chi connectivity index (χ3v) is 5.33. The molecule has 1 saturated heterocycles. The molecule has 2 unspecified atom stereocenters. The lowest BCUT2D eigenvalue weighted by molar-refractivity contribution is 0.265. The van der Waals surface area contributed by atoms with Gasteiger partial charge in [-0.15, -0.1) is 24.0 Å². The van der Waals surface area contributed by atoms with E-state index in [0.29, 0.717) is 30.5 Å². The van der Waals surface area contributed by atoms with Crippen LogP contribution in [0.15, 0.2) is 15.6 Å². The van der Waals surface area contributed by atoms with Gasteiger partial charge < -0.3 is 15.2 Å². The summed E-state index contributed by atoms with van der Waals surface area (Å²) in [5.41, 5.74) is 1.06. The molecule has 0 bridgehead atoms. The molecule has 0 amide bonds. The molecule has 1 aliphatic heterocycles. The maximum Gasteiger partial charge on any atom is 0.191 e. The molecule has 0 aliphatic carbocycles. The topological polar surface area (TPSA) is 65.7 Å². The minimum absolute atomic E-state index is 0. The Morgan fingerprint density at radius 2 is 2.04 bits per heavy atom. The van der Waals surface area contributed by atoms with Gasteiger partial charge in [0, 0.05) is 44.2 Å². The number of aliphatic imine (C=N–C) groups is 1. The minimum atomic E-state index is 0. The van der Waals surface area contributed by atoms with Crippen molar-refractivity contribution in [1.82, 2.24) is 20.7 Å². The van der Waals surface area contributed by atoms with Crippen LogP contribution in [0.1, 0.15) is 64.8 Å². The summed E-state index contributed by atoms with van der Waals surface area (Å²) in [7, 11) is 1.81. The van der Waals surface area contributed by atoms with E-state index >= 15 is 0 Å². The zero-order valence-corrected chi connectivity index (χ0v) is 19.4. The molecule has 1 aromatic heterocycles. The molecule has 150 valence electrons. The van der Waals surface area contributed by atoms with Crippen molar-refractivity contribution < 1.29 is 4.52 Å². The van der Waals surface area contributed by atoms with E-state index in [1.54, 1.807) is 0 Å². The molecule has 0 spiro atoms. The van der Waals surface area contributed by atoms with Crippen molar-refractivity contribution in [2.75, 3.05) is 20.1 Å². The van der Waals surface area contributed by atoms with Crippen LogP contribution in [-0.4, -0.2) is 48.2 Å². The highest BCUT2D eigenvalue weighted by Crippen LogP contribution is 2.22. The van der Waals surface area contributed by atoms with E-state index in [-0.39, 0.29) is 24.0 Å². The van der Waals surface area contributed by atoms with Crippen LogP contribution in [0, 0.1) is 5.92 Å². The van der Waals surface area contributed by atoms with E-state index in [9.17, 15) is 0 Å². The van der Waals surface area contributed by atoms with Gasteiger partial charge in [-0.2, -0.15) is 0 Å². The van der Waals surface area contributed by atoms with E-state index in [1.165, 1.54) is 0 Å². The zero-order chi connectivity index (χ0) is 18.4. The molecule has 26 heavy (non-hydrogen) atoms. The van der Waals surface area contributed by atoms with Gasteiger partial charge in [0.05, 0.1) is 12.2 Å². The fourth-order valence-corrected chi connectivity index (χ4v) is 3.47. The molecule has 6 nitrogen and oxygen atoms in total. The summed E-state index contributed by atoms with van der Waals surface area (Å²) in [6.45, 7) is 14.0. The highest BCUT2D eigenvalue weighted by atomic mass is 127. The minimum Gasteiger partial charge on any atom is -0.359 e. The van der Waals surface area contributed by atoms with Crippen LogP contribution in [0.5, 0.6) is 0 Å². The SMILES string of the molecule is CCC(CC)c1cc(CNC(=NC)NC2CN(C(C)C)CC2C)on1.I. The van der Waals surface area contributed by atoms with Crippen molar-refractivity contribution in [3.63, 3.8) is 0 Å². The van der Waals surface area contributed by atoms with Gasteiger partial charge in [0.2, 0.25) is 0 Å². The Hall–Kier alpha value is -0.830. The Morgan fingerprint density at radius 1 is 1.35 bits per heavy atom. The summed E-state index contributed by atoms with van der Waals surface area (Å²) in [4.78, 5) is 6.87. The second-order valence-corrected chi connectivity index (χ2v) is 7.43. The summed E-state index contributed by atoms with van der Waals surface area (Å²) in [5, 5.41) is 11.1. The number of aromatic nitrogens is 1. The standard InChI is InChI=1S/C19H35N5O.HI/c1-7-15(8-2)17-9-16(25-23-17)10-21-19(20-6)22-18-12-24(13(3)4)11-14(18)5;/h9,13-15,18H,7-8,10-12H2,1-6H3,(H2,20,21,22);1H. The van der Waals surface area contributed by atoms with E-state index in [0.717, 1.165) is 43.3 Å². The smallest absolute Gasteiger partial charge is 0.191 e. The van der Waals surface area contributed by atoms with E-state index < -0.39 is 0 Å². The molecule has 2 rings (SSSR count). The normalized spacial score (nSPS) is 21.3. The van der Waals surface area contributed by atoms with Gasteiger partial charge in [0.15, 0.2) is 11.7 Å². The van der Waals surface area contributed by atoms with Gasteiger partial charge in [-0.25, -0.2) is 0 Å². The summed E-state index contributed by atoms with van der Waals surface area (Å²) in [5.74, 6) is 2.76. The Balaban J connectivity index is 0.00000338. The Kier molecular flexibility index (Phi) is 9.92. The van der Waals surface area contributed by atoms with Crippen molar-refractivity contribution >= 4 is 29.9 Å². The largest absolute Gasteiger partial charge is 0.359 e. The number of likely N-dealkylation sites (tertiary alicyclic amines) is 1. The molecule has 2 heterocycles. The summed E-state index contributed by atoms with van der Waals surface area (Å²) in [6.07, 6.45) is 2.18. The van der Waals surface area contributed by atoms with Crippen molar-refractivity contribution in [3.05, 3.63) is 17.5 Å². The highest BCUT2D eigenvalue weighted by molar-refractivity contribution is 14.0. The van der Waals surface area contributed by atoms with Crippen LogP contribution in [0.25, 0.3) is 0 Å². The van der Waals surface area contributed by atoms with Crippen LogP contribution < -0.4 is 10.6 Å². The molecule has 0 aromatic carbocycles. The maximum absolute atomic E-state index is 5.48. The van der Waals surface area contributed by atoms with Crippen molar-refractivity contribution in [1.29, 1.82) is 0 Å². The number of hydrogen-bond acceptors (Lipinski definition) is 4. The van der Waals surface area contributed by atoms with E-state index in [4.69, 9.17) is 4.52 Å². The molecule has 1 aromatic rings. The monoisotopic (exact) mass is 477 g/mol. The van der Waals surface area contributed by atoms with Crippen molar-refractivity contribution in [2.45, 2.75) is 72.0 Å². The average molecular weight is 477 g/mol. The van der Waals surface area contributed by atoms with E-state index in [1.807, 2.05) is 7.05 Å². The van der Waals surface area contributed by atoms with Gasteiger partial charge in [0.25, 0.3) is 0 Å². The lowest BCUT2D eigenvalue weighted by Gasteiger charge is -2.21. The first-order valence-electron chi connectivity index (χ1n) is 9.65. The Morgan fingerprint density at radius 3 is 2.58 bits per heavy atom. The Labute approximate surface area is 175 Å². The molecule has 1 aliphatic rings. The molecule has 2 atom stereocenters. The lowest BCUT2D eigenvalue weighted by Crippen LogP contribution is -2.46. The summed E-state index contributed by atoms with van der Waals surface area (Å²) in [6, 6.07) is 3.07. The number of rotatable bonds is 7. The van der Waals surface area contributed by atoms with Gasteiger partial charge in [-0.1, -0.05) is 25.9 Å². The fraction of sp³-hybridized carbons (Fsp3) is 0.789. The molecule has 1 fully saturated rings. The number of halogens is 1. The number of nitrogens with zero attached hydrogens (tertiary/aromatic N) is 3. The maximum atomic E-state index is 5.48. The quantitative estimate of drug-likeness (QED) is 0.357. The summed E-state index contributed by atoms with van der Waals surface area (Å²) >= 11 is 0. The zero-order valence-electron chi connectivity index (χ0n) is 17.1. The van der Waals surface area contributed by atoms with E-state index in [2.05, 4.69) is 66.4 Å². The molecular weight excluding hydrogens is 441 g/mol. The molecular formula is C19H36IN5O. The number of hydrogen-bond donors (Lipinski definition) is 2. The molecule has 0 saturated carbocycles. The van der Waals surface area contributed by atoms with Crippen LogP contribution in [0.2, 0.25) is 0 Å². The first-order valence-corrected chi connectivity index (χ1v) is 9.65. The van der Waals surface area contributed by atoms with Crippen LogP contribution in [0.4, 0.5) is 0 Å². The molecule has 0 radical (unpaired) electrons. The molecule has 2 N–H and O–H groups in total. The average Bonchev–Trinajstić information content (AvgIpc) is 3.20. The first kappa shape index (κ1) is 23.2. The van der Waals surface area contributed by atoms with Gasteiger partial charge in [-0.05, 0) is 32.6 Å². The second kappa shape index (κ2) is 11.1.